The fraction of sp³-hybridized carbons (Fsp3) is 0.250. The summed E-state index contributed by atoms with van der Waals surface area (Å²) in [5, 5.41) is 0.923. The van der Waals surface area contributed by atoms with E-state index in [1.54, 1.807) is 26.2 Å². The number of ether oxygens (including phenoxy) is 1. The van der Waals surface area contributed by atoms with Crippen LogP contribution in [0.4, 0.5) is 0 Å². The second kappa shape index (κ2) is 3.42. The predicted octanol–water partition coefficient (Wildman–Crippen LogP) is 2.42. The van der Waals surface area contributed by atoms with Gasteiger partial charge in [-0.25, -0.2) is 4.79 Å². The molecule has 2 rings (SSSR count). The molecule has 0 aliphatic carbocycles. The van der Waals surface area contributed by atoms with E-state index in [1.165, 1.54) is 0 Å². The lowest BCUT2D eigenvalue weighted by Gasteiger charge is -2.05. The van der Waals surface area contributed by atoms with Gasteiger partial charge in [-0.1, -0.05) is 0 Å². The molecule has 3 heteroatoms. The van der Waals surface area contributed by atoms with Crippen molar-refractivity contribution in [2.24, 2.45) is 0 Å². The quantitative estimate of drug-likeness (QED) is 0.669. The standard InChI is InChI=1S/C12H12O3/c1-7-8(2)12(13)15-11-5-4-9(14-3)6-10(7)11/h4-6H,1-3H3. The number of rotatable bonds is 1. The van der Waals surface area contributed by atoms with Crippen LogP contribution in [0.15, 0.2) is 27.4 Å². The van der Waals surface area contributed by atoms with E-state index in [1.807, 2.05) is 13.0 Å². The maximum absolute atomic E-state index is 11.4. The van der Waals surface area contributed by atoms with Gasteiger partial charge >= 0.3 is 5.63 Å². The first-order chi connectivity index (χ1) is 7.13. The molecule has 0 atom stereocenters. The Kier molecular flexibility index (Phi) is 2.23. The fourth-order valence-electron chi connectivity index (χ4n) is 1.55. The minimum Gasteiger partial charge on any atom is -0.497 e. The highest BCUT2D eigenvalue weighted by Gasteiger charge is 2.07. The average Bonchev–Trinajstić information content (AvgIpc) is 2.26. The Labute approximate surface area is 87.3 Å². The number of methoxy groups -OCH3 is 1. The van der Waals surface area contributed by atoms with Gasteiger partial charge in [0.25, 0.3) is 0 Å². The highest BCUT2D eigenvalue weighted by molar-refractivity contribution is 5.82. The number of aryl methyl sites for hydroxylation is 1. The summed E-state index contributed by atoms with van der Waals surface area (Å²) in [6, 6.07) is 5.41. The lowest BCUT2D eigenvalue weighted by molar-refractivity contribution is 0.415. The Morgan fingerprint density at radius 3 is 2.60 bits per heavy atom. The van der Waals surface area contributed by atoms with E-state index >= 15 is 0 Å². The van der Waals surface area contributed by atoms with Gasteiger partial charge in [0.2, 0.25) is 0 Å². The van der Waals surface area contributed by atoms with E-state index in [2.05, 4.69) is 0 Å². The summed E-state index contributed by atoms with van der Waals surface area (Å²) in [4.78, 5) is 11.4. The zero-order valence-corrected chi connectivity index (χ0v) is 8.96. The first kappa shape index (κ1) is 9.77. The number of benzene rings is 1. The average molecular weight is 204 g/mol. The van der Waals surface area contributed by atoms with Crippen LogP contribution in [0.2, 0.25) is 0 Å². The lowest BCUT2D eigenvalue weighted by Crippen LogP contribution is -2.05. The van der Waals surface area contributed by atoms with Crippen molar-refractivity contribution >= 4 is 11.0 Å². The molecule has 0 bridgehead atoms. The molecule has 2 aromatic rings. The molecule has 0 aliphatic rings. The van der Waals surface area contributed by atoms with Gasteiger partial charge in [-0.3, -0.25) is 0 Å². The zero-order chi connectivity index (χ0) is 11.0. The summed E-state index contributed by atoms with van der Waals surface area (Å²) in [5.41, 5.74) is 1.92. The lowest BCUT2D eigenvalue weighted by atomic mass is 10.1. The largest absolute Gasteiger partial charge is 0.497 e. The Hall–Kier alpha value is -1.77. The molecule has 0 N–H and O–H groups in total. The SMILES string of the molecule is COc1ccc2oc(=O)c(C)c(C)c2c1. The minimum atomic E-state index is -0.273. The van der Waals surface area contributed by atoms with Crippen LogP contribution in [0.1, 0.15) is 11.1 Å². The molecule has 3 nitrogen and oxygen atoms in total. The third kappa shape index (κ3) is 1.50. The Balaban J connectivity index is 2.87. The van der Waals surface area contributed by atoms with Gasteiger partial charge in [0, 0.05) is 10.9 Å². The molecule has 0 saturated heterocycles. The zero-order valence-electron chi connectivity index (χ0n) is 8.96. The van der Waals surface area contributed by atoms with Crippen LogP contribution in [0, 0.1) is 13.8 Å². The first-order valence-electron chi connectivity index (χ1n) is 4.71. The second-order valence-corrected chi connectivity index (χ2v) is 3.50. The van der Waals surface area contributed by atoms with Crippen LogP contribution in [0.3, 0.4) is 0 Å². The van der Waals surface area contributed by atoms with Crippen LogP contribution in [-0.4, -0.2) is 7.11 Å². The molecule has 0 fully saturated rings. The van der Waals surface area contributed by atoms with E-state index in [-0.39, 0.29) is 5.63 Å². The van der Waals surface area contributed by atoms with E-state index in [0.717, 1.165) is 16.7 Å². The summed E-state index contributed by atoms with van der Waals surface area (Å²) in [5.74, 6) is 0.763. The van der Waals surface area contributed by atoms with E-state index < -0.39 is 0 Å². The maximum Gasteiger partial charge on any atom is 0.339 e. The van der Waals surface area contributed by atoms with Gasteiger partial charge in [-0.15, -0.1) is 0 Å². The number of hydrogen-bond donors (Lipinski definition) is 0. The normalized spacial score (nSPS) is 10.6. The summed E-state index contributed by atoms with van der Waals surface area (Å²) < 4.78 is 10.3. The Morgan fingerprint density at radius 2 is 1.93 bits per heavy atom. The van der Waals surface area contributed by atoms with Gasteiger partial charge in [-0.2, -0.15) is 0 Å². The molecule has 1 heterocycles. The van der Waals surface area contributed by atoms with Crippen LogP contribution in [0.5, 0.6) is 5.75 Å². The monoisotopic (exact) mass is 204 g/mol. The van der Waals surface area contributed by atoms with Gasteiger partial charge in [0.15, 0.2) is 0 Å². The summed E-state index contributed by atoms with van der Waals surface area (Å²) in [6.07, 6.45) is 0. The molecule has 78 valence electrons. The van der Waals surface area contributed by atoms with Crippen molar-refractivity contribution < 1.29 is 9.15 Å². The molecule has 15 heavy (non-hydrogen) atoms. The van der Waals surface area contributed by atoms with Crippen LogP contribution in [0.25, 0.3) is 11.0 Å². The smallest absolute Gasteiger partial charge is 0.339 e. The second-order valence-electron chi connectivity index (χ2n) is 3.50. The molecule has 0 aliphatic heterocycles. The highest BCUT2D eigenvalue weighted by atomic mass is 16.5. The molecular weight excluding hydrogens is 192 g/mol. The van der Waals surface area contributed by atoms with Crippen LogP contribution in [-0.2, 0) is 0 Å². The van der Waals surface area contributed by atoms with Crippen molar-refractivity contribution in [1.82, 2.24) is 0 Å². The highest BCUT2D eigenvalue weighted by Crippen LogP contribution is 2.23. The van der Waals surface area contributed by atoms with Crippen molar-refractivity contribution in [2.75, 3.05) is 7.11 Å². The summed E-state index contributed by atoms with van der Waals surface area (Å²) in [6.45, 7) is 3.67. The molecule has 1 aromatic heterocycles. The van der Waals surface area contributed by atoms with E-state index in [4.69, 9.17) is 9.15 Å². The van der Waals surface area contributed by atoms with Crippen molar-refractivity contribution in [3.05, 3.63) is 39.7 Å². The third-order valence-corrected chi connectivity index (χ3v) is 2.66. The van der Waals surface area contributed by atoms with Crippen LogP contribution >= 0.6 is 0 Å². The number of hydrogen-bond acceptors (Lipinski definition) is 3. The molecule has 0 saturated carbocycles. The molecule has 0 spiro atoms. The molecule has 0 amide bonds. The van der Waals surface area contributed by atoms with Crippen molar-refractivity contribution in [3.8, 4) is 5.75 Å². The Morgan fingerprint density at radius 1 is 1.20 bits per heavy atom. The molecule has 1 aromatic carbocycles. The number of fused-ring (bicyclic) bond motifs is 1. The molecular formula is C12H12O3. The topological polar surface area (TPSA) is 39.4 Å². The van der Waals surface area contributed by atoms with Crippen molar-refractivity contribution in [2.45, 2.75) is 13.8 Å². The third-order valence-electron chi connectivity index (χ3n) is 2.66. The van der Waals surface area contributed by atoms with Crippen molar-refractivity contribution in [3.63, 3.8) is 0 Å². The predicted molar refractivity (Wildman–Crippen MR) is 58.5 cm³/mol. The molecule has 0 radical (unpaired) electrons. The van der Waals surface area contributed by atoms with Crippen LogP contribution < -0.4 is 10.4 Å². The van der Waals surface area contributed by atoms with E-state index in [9.17, 15) is 4.79 Å². The molecule has 0 unspecified atom stereocenters. The van der Waals surface area contributed by atoms with Gasteiger partial charge in [0.1, 0.15) is 11.3 Å². The van der Waals surface area contributed by atoms with Crippen molar-refractivity contribution in [1.29, 1.82) is 0 Å². The maximum atomic E-state index is 11.4. The van der Waals surface area contributed by atoms with Gasteiger partial charge in [-0.05, 0) is 37.6 Å². The Bertz CT molecular complexity index is 567. The van der Waals surface area contributed by atoms with E-state index in [0.29, 0.717) is 11.1 Å². The first-order valence-corrected chi connectivity index (χ1v) is 4.71. The summed E-state index contributed by atoms with van der Waals surface area (Å²) in [7, 11) is 1.61. The van der Waals surface area contributed by atoms with Gasteiger partial charge < -0.3 is 9.15 Å². The van der Waals surface area contributed by atoms with Gasteiger partial charge in [0.05, 0.1) is 7.11 Å². The summed E-state index contributed by atoms with van der Waals surface area (Å²) >= 11 is 0. The fourth-order valence-corrected chi connectivity index (χ4v) is 1.55. The minimum absolute atomic E-state index is 0.273.